The Balaban J connectivity index is 1.29. The van der Waals surface area contributed by atoms with Gasteiger partial charge in [-0.25, -0.2) is 17.6 Å². The number of thiophene rings is 2. The molecule has 6 aromatic rings. The summed E-state index contributed by atoms with van der Waals surface area (Å²) in [5, 5.41) is 0. The van der Waals surface area contributed by atoms with Crippen LogP contribution in [0.15, 0.2) is 60.7 Å². The molecule has 232 valence electrons. The Labute approximate surface area is 272 Å². The van der Waals surface area contributed by atoms with Crippen LogP contribution in [0.2, 0.25) is 0 Å². The third-order valence-electron chi connectivity index (χ3n) is 8.00. The molecule has 0 atom stereocenters. The van der Waals surface area contributed by atoms with E-state index in [1.807, 2.05) is 24.3 Å². The maximum atomic E-state index is 15.2. The molecule has 9 heteroatoms. The van der Waals surface area contributed by atoms with Crippen LogP contribution in [-0.2, 0) is 12.8 Å². The quantitative estimate of drug-likeness (QED) is 0.136. The normalized spacial score (nSPS) is 11.9. The van der Waals surface area contributed by atoms with Gasteiger partial charge in [0, 0.05) is 41.8 Å². The second-order valence-electron chi connectivity index (χ2n) is 12.1. The number of fused-ring (bicyclic) bond motifs is 1. The van der Waals surface area contributed by atoms with Gasteiger partial charge in [-0.15, -0.1) is 22.7 Å². The Morgan fingerprint density at radius 1 is 0.489 bits per heavy atom. The Morgan fingerprint density at radius 2 is 0.844 bits per heavy atom. The molecule has 0 N–H and O–H groups in total. The Bertz CT molecular complexity index is 1850. The Morgan fingerprint density at radius 3 is 1.22 bits per heavy atom. The molecule has 0 radical (unpaired) electrons. The van der Waals surface area contributed by atoms with Crippen LogP contribution in [0.3, 0.4) is 0 Å². The van der Waals surface area contributed by atoms with Gasteiger partial charge in [0.1, 0.15) is 11.0 Å². The summed E-state index contributed by atoms with van der Waals surface area (Å²) >= 11 is 3.84. The summed E-state index contributed by atoms with van der Waals surface area (Å²) in [6.45, 7) is 8.25. The van der Waals surface area contributed by atoms with Crippen molar-refractivity contribution in [2.45, 2.75) is 53.4 Å². The standard InChI is InChI=1S/C36H32F4N2S3/c1-19(2)5-7-21-9-11-23(33(39)31(21)37)27-15-17-29(43-27)25-13-14-26(36-35(25)41-45-42-36)30-18-16-28(44-30)24-12-10-22(8-6-20(3)4)32(38)34(24)40/h9-20H,5-8H2,1-4H3. The SMILES string of the molecule is CC(C)CCc1ccc(-c2ccc(-c3ccc(-c4ccc(-c5ccc(CCC(C)C)c(F)c5F)s4)c4nsnc34)s2)c(F)c1F. The van der Waals surface area contributed by atoms with Crippen LogP contribution in [0.4, 0.5) is 17.6 Å². The number of rotatable bonds is 10. The van der Waals surface area contributed by atoms with E-state index in [1.54, 1.807) is 36.4 Å². The smallest absolute Gasteiger partial charge is 0.167 e. The first-order valence-corrected chi connectivity index (χ1v) is 17.4. The minimum Gasteiger partial charge on any atom is -0.203 e. The average molecular weight is 665 g/mol. The van der Waals surface area contributed by atoms with Gasteiger partial charge < -0.3 is 0 Å². The number of hydrogen-bond acceptors (Lipinski definition) is 5. The van der Waals surface area contributed by atoms with Crippen LogP contribution in [0.5, 0.6) is 0 Å². The summed E-state index contributed by atoms with van der Waals surface area (Å²) < 4.78 is 69.2. The van der Waals surface area contributed by atoms with Crippen molar-refractivity contribution in [3.63, 3.8) is 0 Å². The van der Waals surface area contributed by atoms with E-state index < -0.39 is 23.3 Å². The van der Waals surface area contributed by atoms with Gasteiger partial charge in [0.05, 0.1) is 11.7 Å². The third-order valence-corrected chi connectivity index (χ3v) is 10.8. The molecule has 0 spiro atoms. The van der Waals surface area contributed by atoms with Crippen molar-refractivity contribution in [1.29, 1.82) is 0 Å². The Kier molecular flexibility index (Phi) is 9.22. The molecule has 0 aliphatic carbocycles. The molecular weight excluding hydrogens is 633 g/mol. The summed E-state index contributed by atoms with van der Waals surface area (Å²) in [5.41, 5.74) is 4.36. The monoisotopic (exact) mass is 664 g/mol. The number of aryl methyl sites for hydroxylation is 2. The molecule has 45 heavy (non-hydrogen) atoms. The number of aromatic nitrogens is 2. The van der Waals surface area contributed by atoms with Crippen molar-refractivity contribution in [2.24, 2.45) is 11.8 Å². The minimum absolute atomic E-state index is 0.240. The van der Waals surface area contributed by atoms with E-state index in [-0.39, 0.29) is 11.1 Å². The summed E-state index contributed by atoms with van der Waals surface area (Å²) in [4.78, 5) is 2.98. The lowest BCUT2D eigenvalue weighted by Crippen LogP contribution is -1.99. The van der Waals surface area contributed by atoms with Gasteiger partial charge in [-0.05, 0) is 72.9 Å². The largest absolute Gasteiger partial charge is 0.203 e. The Hall–Kier alpha value is -3.40. The second-order valence-corrected chi connectivity index (χ2v) is 14.8. The molecule has 2 nitrogen and oxygen atoms in total. The molecule has 0 saturated carbocycles. The molecule has 3 aromatic carbocycles. The molecule has 0 aliphatic rings. The second kappa shape index (κ2) is 13.1. The average Bonchev–Trinajstić information content (AvgIpc) is 3.80. The lowest BCUT2D eigenvalue weighted by Gasteiger charge is -2.09. The fourth-order valence-corrected chi connectivity index (χ4v) is 8.03. The van der Waals surface area contributed by atoms with E-state index in [9.17, 15) is 8.78 Å². The van der Waals surface area contributed by atoms with Crippen molar-refractivity contribution in [3.05, 3.63) is 95.1 Å². The molecule has 0 bridgehead atoms. The third kappa shape index (κ3) is 6.35. The van der Waals surface area contributed by atoms with Crippen LogP contribution >= 0.6 is 34.4 Å². The first-order chi connectivity index (χ1) is 21.6. The van der Waals surface area contributed by atoms with E-state index in [0.717, 1.165) is 45.5 Å². The molecule has 0 fully saturated rings. The van der Waals surface area contributed by atoms with Gasteiger partial charge in [-0.1, -0.05) is 64.1 Å². The van der Waals surface area contributed by atoms with Gasteiger partial charge in [0.2, 0.25) is 0 Å². The van der Waals surface area contributed by atoms with Crippen molar-refractivity contribution in [3.8, 4) is 41.8 Å². The van der Waals surface area contributed by atoms with Gasteiger partial charge in [-0.3, -0.25) is 0 Å². The fraction of sp³-hybridized carbons (Fsp3) is 0.278. The summed E-state index contributed by atoms with van der Waals surface area (Å²) in [5.74, 6) is -2.40. The fourth-order valence-electron chi connectivity index (χ4n) is 5.35. The van der Waals surface area contributed by atoms with Gasteiger partial charge >= 0.3 is 0 Å². The van der Waals surface area contributed by atoms with Crippen LogP contribution < -0.4 is 0 Å². The molecule has 0 unspecified atom stereocenters. The first kappa shape index (κ1) is 31.6. The van der Waals surface area contributed by atoms with Crippen LogP contribution in [-0.4, -0.2) is 8.75 Å². The van der Waals surface area contributed by atoms with E-state index >= 15 is 8.78 Å². The van der Waals surface area contributed by atoms with E-state index in [4.69, 9.17) is 0 Å². The zero-order chi connectivity index (χ0) is 31.8. The van der Waals surface area contributed by atoms with E-state index in [0.29, 0.717) is 56.6 Å². The highest BCUT2D eigenvalue weighted by atomic mass is 32.1. The molecule has 0 amide bonds. The first-order valence-electron chi connectivity index (χ1n) is 15.0. The summed E-state index contributed by atoms with van der Waals surface area (Å²) in [6.07, 6.45) is 2.58. The van der Waals surface area contributed by atoms with Crippen molar-refractivity contribution >= 4 is 45.4 Å². The highest BCUT2D eigenvalue weighted by Gasteiger charge is 2.21. The van der Waals surface area contributed by atoms with Crippen LogP contribution in [0, 0.1) is 35.1 Å². The maximum absolute atomic E-state index is 15.2. The molecule has 3 aromatic heterocycles. The maximum Gasteiger partial charge on any atom is 0.167 e. The summed E-state index contributed by atoms with van der Waals surface area (Å²) in [7, 11) is 0. The predicted octanol–water partition coefficient (Wildman–Crippen LogP) is 12.2. The zero-order valence-corrected chi connectivity index (χ0v) is 27.8. The van der Waals surface area contributed by atoms with Crippen molar-refractivity contribution in [2.75, 3.05) is 0 Å². The zero-order valence-electron chi connectivity index (χ0n) is 25.4. The lowest BCUT2D eigenvalue weighted by atomic mass is 10.0. The molecule has 0 saturated heterocycles. The highest BCUT2D eigenvalue weighted by molar-refractivity contribution is 7.19. The van der Waals surface area contributed by atoms with E-state index in [2.05, 4.69) is 36.4 Å². The topological polar surface area (TPSA) is 25.8 Å². The number of halogens is 4. The minimum atomic E-state index is -0.824. The lowest BCUT2D eigenvalue weighted by molar-refractivity contribution is 0.492. The number of nitrogens with zero attached hydrogens (tertiary/aromatic N) is 2. The molecule has 6 rings (SSSR count). The highest BCUT2D eigenvalue weighted by Crippen LogP contribution is 2.43. The van der Waals surface area contributed by atoms with Gasteiger partial charge in [0.25, 0.3) is 0 Å². The van der Waals surface area contributed by atoms with Gasteiger partial charge in [0.15, 0.2) is 23.3 Å². The number of hydrogen-bond donors (Lipinski definition) is 0. The summed E-state index contributed by atoms with van der Waals surface area (Å²) in [6, 6.07) is 18.0. The molecular formula is C36H32F4N2S3. The van der Waals surface area contributed by atoms with Crippen molar-refractivity contribution < 1.29 is 17.6 Å². The van der Waals surface area contributed by atoms with Crippen LogP contribution in [0.1, 0.15) is 51.7 Å². The predicted molar refractivity (Wildman–Crippen MR) is 181 cm³/mol. The van der Waals surface area contributed by atoms with E-state index in [1.165, 1.54) is 22.7 Å². The van der Waals surface area contributed by atoms with Crippen LogP contribution in [0.25, 0.3) is 52.8 Å². The van der Waals surface area contributed by atoms with Crippen molar-refractivity contribution in [1.82, 2.24) is 8.75 Å². The van der Waals surface area contributed by atoms with Gasteiger partial charge in [-0.2, -0.15) is 8.75 Å². The molecule has 0 aliphatic heterocycles. The molecule has 3 heterocycles. The number of benzene rings is 3.